The van der Waals surface area contributed by atoms with Gasteiger partial charge in [-0.1, -0.05) is 30.3 Å². The molecule has 5 nitrogen and oxygen atoms in total. The third kappa shape index (κ3) is 1.81. The number of nitrogens with zero attached hydrogens (tertiary/aromatic N) is 3. The molecule has 0 bridgehead atoms. The molecule has 116 valence electrons. The van der Waals surface area contributed by atoms with Gasteiger partial charge >= 0.3 is 0 Å². The number of fused-ring (bicyclic) bond motifs is 2. The molecular formula is C19H15N5. The molecule has 2 aromatic carbocycles. The SMILES string of the molecule is Nc1cccc(C2Nc3ccccc3-c3ncnn4ccc2c34)c1. The molecule has 1 atom stereocenters. The van der Waals surface area contributed by atoms with Gasteiger partial charge in [-0.05, 0) is 29.8 Å². The Hall–Kier alpha value is -3.34. The van der Waals surface area contributed by atoms with Crippen molar-refractivity contribution in [2.24, 2.45) is 0 Å². The van der Waals surface area contributed by atoms with E-state index in [1.165, 1.54) is 0 Å². The molecule has 0 saturated carbocycles. The van der Waals surface area contributed by atoms with Crippen molar-refractivity contribution in [3.05, 3.63) is 78.2 Å². The number of benzene rings is 2. The monoisotopic (exact) mass is 313 g/mol. The number of rotatable bonds is 1. The Morgan fingerprint density at radius 3 is 2.88 bits per heavy atom. The van der Waals surface area contributed by atoms with Crippen LogP contribution in [0, 0.1) is 0 Å². The molecule has 0 amide bonds. The minimum atomic E-state index is -0.00750. The average Bonchev–Trinajstić information content (AvgIpc) is 2.97. The average molecular weight is 313 g/mol. The van der Waals surface area contributed by atoms with Gasteiger partial charge < -0.3 is 11.1 Å². The van der Waals surface area contributed by atoms with Crippen LogP contribution < -0.4 is 11.1 Å². The molecule has 0 saturated heterocycles. The fourth-order valence-electron chi connectivity index (χ4n) is 3.46. The summed E-state index contributed by atoms with van der Waals surface area (Å²) in [6, 6.07) is 18.3. The van der Waals surface area contributed by atoms with Crippen LogP contribution in [0.5, 0.6) is 0 Å². The Kier molecular flexibility index (Phi) is 2.64. The molecule has 4 aromatic rings. The number of hydrogen-bond acceptors (Lipinski definition) is 4. The van der Waals surface area contributed by atoms with Crippen molar-refractivity contribution in [3.63, 3.8) is 0 Å². The van der Waals surface area contributed by atoms with E-state index in [-0.39, 0.29) is 6.04 Å². The van der Waals surface area contributed by atoms with Crippen molar-refractivity contribution < 1.29 is 0 Å². The summed E-state index contributed by atoms with van der Waals surface area (Å²) in [5.41, 5.74) is 13.1. The highest BCUT2D eigenvalue weighted by Crippen LogP contribution is 2.41. The van der Waals surface area contributed by atoms with E-state index in [1.807, 2.05) is 41.0 Å². The predicted octanol–water partition coefficient (Wildman–Crippen LogP) is 3.49. The lowest BCUT2D eigenvalue weighted by Gasteiger charge is -2.19. The van der Waals surface area contributed by atoms with Crippen LogP contribution in [0.25, 0.3) is 16.8 Å². The molecule has 3 N–H and O–H groups in total. The van der Waals surface area contributed by atoms with Gasteiger partial charge in [-0.2, -0.15) is 5.10 Å². The summed E-state index contributed by atoms with van der Waals surface area (Å²) in [5.74, 6) is 0. The Balaban J connectivity index is 1.85. The van der Waals surface area contributed by atoms with E-state index in [0.717, 1.165) is 39.3 Å². The van der Waals surface area contributed by atoms with Gasteiger partial charge in [-0.25, -0.2) is 9.50 Å². The summed E-state index contributed by atoms with van der Waals surface area (Å²) in [7, 11) is 0. The van der Waals surface area contributed by atoms with Gasteiger partial charge in [0.2, 0.25) is 0 Å². The lowest BCUT2D eigenvalue weighted by molar-refractivity contribution is 0.899. The van der Waals surface area contributed by atoms with E-state index in [4.69, 9.17) is 5.73 Å². The van der Waals surface area contributed by atoms with Gasteiger partial charge in [0.15, 0.2) is 0 Å². The van der Waals surface area contributed by atoms with Gasteiger partial charge in [0.25, 0.3) is 0 Å². The van der Waals surface area contributed by atoms with Crippen LogP contribution >= 0.6 is 0 Å². The topological polar surface area (TPSA) is 68.2 Å². The van der Waals surface area contributed by atoms with Crippen molar-refractivity contribution in [2.75, 3.05) is 11.1 Å². The standard InChI is InChI=1S/C19H15N5/c20-13-5-3-4-12(10-13)17-15-8-9-24-19(15)18(21-11-22-24)14-6-1-2-7-16(14)23-17/h1-11,17,23H,20H2. The van der Waals surface area contributed by atoms with Crippen LogP contribution in [-0.2, 0) is 0 Å². The molecule has 24 heavy (non-hydrogen) atoms. The fraction of sp³-hybridized carbons (Fsp3) is 0.0526. The summed E-state index contributed by atoms with van der Waals surface area (Å²) in [6.07, 6.45) is 3.58. The Morgan fingerprint density at radius 1 is 1.04 bits per heavy atom. The number of para-hydroxylation sites is 1. The minimum Gasteiger partial charge on any atom is -0.399 e. The summed E-state index contributed by atoms with van der Waals surface area (Å²) < 4.78 is 1.89. The van der Waals surface area contributed by atoms with Crippen molar-refractivity contribution in [2.45, 2.75) is 6.04 Å². The highest BCUT2D eigenvalue weighted by Gasteiger charge is 2.26. The quantitative estimate of drug-likeness (QED) is 0.528. The van der Waals surface area contributed by atoms with Gasteiger partial charge in [0.05, 0.1) is 11.6 Å². The highest BCUT2D eigenvalue weighted by atomic mass is 15.2. The Morgan fingerprint density at radius 2 is 1.96 bits per heavy atom. The number of nitrogens with two attached hydrogens (primary N) is 1. The first-order chi connectivity index (χ1) is 11.8. The largest absolute Gasteiger partial charge is 0.399 e. The maximum absolute atomic E-state index is 6.01. The van der Waals surface area contributed by atoms with Gasteiger partial charge in [0, 0.05) is 28.7 Å². The predicted molar refractivity (Wildman–Crippen MR) is 94.7 cm³/mol. The zero-order valence-corrected chi connectivity index (χ0v) is 12.8. The molecule has 0 spiro atoms. The van der Waals surface area contributed by atoms with E-state index in [2.05, 4.69) is 39.7 Å². The van der Waals surface area contributed by atoms with Crippen LogP contribution in [0.15, 0.2) is 67.1 Å². The van der Waals surface area contributed by atoms with Crippen LogP contribution in [0.1, 0.15) is 17.2 Å². The Bertz CT molecular complexity index is 1070. The molecule has 5 heteroatoms. The third-order valence-electron chi connectivity index (χ3n) is 4.52. The molecule has 1 aliphatic rings. The second-order valence-electron chi connectivity index (χ2n) is 5.97. The van der Waals surface area contributed by atoms with Crippen molar-refractivity contribution in [1.29, 1.82) is 0 Å². The maximum atomic E-state index is 6.01. The molecular weight excluding hydrogens is 298 g/mol. The second-order valence-corrected chi connectivity index (χ2v) is 5.97. The minimum absolute atomic E-state index is 0.00750. The zero-order valence-electron chi connectivity index (χ0n) is 12.8. The number of aromatic nitrogens is 3. The van der Waals surface area contributed by atoms with Crippen LogP contribution in [0.3, 0.4) is 0 Å². The van der Waals surface area contributed by atoms with Crippen LogP contribution in [0.4, 0.5) is 11.4 Å². The van der Waals surface area contributed by atoms with Crippen molar-refractivity contribution in [3.8, 4) is 11.3 Å². The van der Waals surface area contributed by atoms with E-state index < -0.39 is 0 Å². The summed E-state index contributed by atoms with van der Waals surface area (Å²) >= 11 is 0. The van der Waals surface area contributed by atoms with E-state index >= 15 is 0 Å². The molecule has 3 heterocycles. The smallest absolute Gasteiger partial charge is 0.137 e. The zero-order chi connectivity index (χ0) is 16.1. The number of hydrogen-bond donors (Lipinski definition) is 2. The van der Waals surface area contributed by atoms with Crippen LogP contribution in [-0.4, -0.2) is 14.6 Å². The number of nitrogens with one attached hydrogen (secondary N) is 1. The Labute approximate surface area is 138 Å². The highest BCUT2D eigenvalue weighted by molar-refractivity contribution is 5.90. The van der Waals surface area contributed by atoms with Gasteiger partial charge in [-0.15, -0.1) is 0 Å². The molecule has 1 aliphatic heterocycles. The summed E-state index contributed by atoms with van der Waals surface area (Å²) in [4.78, 5) is 4.56. The normalized spacial score (nSPS) is 15.6. The first-order valence-electron chi connectivity index (χ1n) is 7.85. The van der Waals surface area contributed by atoms with Crippen molar-refractivity contribution >= 4 is 16.9 Å². The summed E-state index contributed by atoms with van der Waals surface area (Å²) in [6.45, 7) is 0. The second kappa shape index (κ2) is 4.83. The number of anilines is 2. The van der Waals surface area contributed by atoms with E-state index in [1.54, 1.807) is 6.33 Å². The van der Waals surface area contributed by atoms with Crippen LogP contribution in [0.2, 0.25) is 0 Å². The van der Waals surface area contributed by atoms with E-state index in [0.29, 0.717) is 0 Å². The third-order valence-corrected chi connectivity index (χ3v) is 4.52. The molecule has 0 fully saturated rings. The first-order valence-corrected chi connectivity index (χ1v) is 7.85. The fourth-order valence-corrected chi connectivity index (χ4v) is 3.46. The lowest BCUT2D eigenvalue weighted by Crippen LogP contribution is -2.11. The summed E-state index contributed by atoms with van der Waals surface area (Å²) in [5, 5.41) is 8.02. The lowest BCUT2D eigenvalue weighted by atomic mass is 9.99. The molecule has 1 unspecified atom stereocenters. The molecule has 0 radical (unpaired) electrons. The first kappa shape index (κ1) is 13.1. The van der Waals surface area contributed by atoms with Gasteiger partial charge in [-0.3, -0.25) is 0 Å². The number of nitrogen functional groups attached to an aromatic ring is 1. The van der Waals surface area contributed by atoms with Gasteiger partial charge in [0.1, 0.15) is 12.0 Å². The van der Waals surface area contributed by atoms with E-state index in [9.17, 15) is 0 Å². The molecule has 5 rings (SSSR count). The van der Waals surface area contributed by atoms with Crippen molar-refractivity contribution in [1.82, 2.24) is 14.6 Å². The molecule has 2 aromatic heterocycles. The maximum Gasteiger partial charge on any atom is 0.137 e. The molecule has 0 aliphatic carbocycles.